The standard InChI is InChI=1S/C12H28N2O/c1-6-14(8-11(3)4)12(5,9-13)10-15-7-2/h11H,6-10,13H2,1-5H3. The first-order valence-corrected chi connectivity index (χ1v) is 6.03. The lowest BCUT2D eigenvalue weighted by molar-refractivity contribution is 0.00729. The van der Waals surface area contributed by atoms with Crippen LogP contribution in [-0.2, 0) is 4.74 Å². The number of nitrogens with two attached hydrogens (primary N) is 1. The van der Waals surface area contributed by atoms with Crippen LogP contribution in [0.2, 0.25) is 0 Å². The van der Waals surface area contributed by atoms with Gasteiger partial charge in [0.25, 0.3) is 0 Å². The summed E-state index contributed by atoms with van der Waals surface area (Å²) in [6.07, 6.45) is 0. The van der Waals surface area contributed by atoms with Crippen molar-refractivity contribution in [2.45, 2.75) is 40.2 Å². The third-order valence-corrected chi connectivity index (χ3v) is 2.79. The van der Waals surface area contributed by atoms with Crippen LogP contribution in [0, 0.1) is 5.92 Å². The van der Waals surface area contributed by atoms with Crippen molar-refractivity contribution in [3.63, 3.8) is 0 Å². The summed E-state index contributed by atoms with van der Waals surface area (Å²) in [6, 6.07) is 0. The van der Waals surface area contributed by atoms with Crippen LogP contribution < -0.4 is 5.73 Å². The molecule has 1 atom stereocenters. The van der Waals surface area contributed by atoms with Gasteiger partial charge >= 0.3 is 0 Å². The summed E-state index contributed by atoms with van der Waals surface area (Å²) in [5, 5.41) is 0. The van der Waals surface area contributed by atoms with Gasteiger partial charge in [0.15, 0.2) is 0 Å². The van der Waals surface area contributed by atoms with E-state index in [9.17, 15) is 0 Å². The van der Waals surface area contributed by atoms with E-state index in [1.165, 1.54) is 0 Å². The Bertz CT molecular complexity index is 162. The van der Waals surface area contributed by atoms with E-state index < -0.39 is 0 Å². The van der Waals surface area contributed by atoms with Crippen LogP contribution >= 0.6 is 0 Å². The van der Waals surface area contributed by atoms with Crippen LogP contribution in [0.5, 0.6) is 0 Å². The van der Waals surface area contributed by atoms with Gasteiger partial charge in [0.2, 0.25) is 0 Å². The minimum atomic E-state index is -0.0188. The van der Waals surface area contributed by atoms with E-state index >= 15 is 0 Å². The van der Waals surface area contributed by atoms with E-state index in [1.807, 2.05) is 6.92 Å². The largest absolute Gasteiger partial charge is 0.380 e. The van der Waals surface area contributed by atoms with Crippen molar-refractivity contribution in [2.24, 2.45) is 11.7 Å². The second kappa shape index (κ2) is 7.20. The zero-order valence-corrected chi connectivity index (χ0v) is 11.0. The quantitative estimate of drug-likeness (QED) is 0.671. The maximum absolute atomic E-state index is 5.88. The predicted molar refractivity (Wildman–Crippen MR) is 66.0 cm³/mol. The van der Waals surface area contributed by atoms with Gasteiger partial charge in [-0.05, 0) is 26.3 Å². The van der Waals surface area contributed by atoms with Gasteiger partial charge in [0.1, 0.15) is 0 Å². The summed E-state index contributed by atoms with van der Waals surface area (Å²) < 4.78 is 5.53. The monoisotopic (exact) mass is 216 g/mol. The molecule has 92 valence electrons. The Hall–Kier alpha value is -0.120. The fraction of sp³-hybridized carbons (Fsp3) is 1.00. The normalized spacial score (nSPS) is 16.0. The fourth-order valence-electron chi connectivity index (χ4n) is 1.77. The molecule has 0 aliphatic carbocycles. The molecule has 0 saturated carbocycles. The van der Waals surface area contributed by atoms with Gasteiger partial charge in [-0.1, -0.05) is 20.8 Å². The Morgan fingerprint density at radius 2 is 1.93 bits per heavy atom. The molecule has 0 aromatic carbocycles. The molecule has 0 aliphatic rings. The molecule has 1 unspecified atom stereocenters. The van der Waals surface area contributed by atoms with Crippen molar-refractivity contribution in [3.8, 4) is 0 Å². The molecule has 3 nitrogen and oxygen atoms in total. The van der Waals surface area contributed by atoms with Gasteiger partial charge in [-0.25, -0.2) is 0 Å². The van der Waals surface area contributed by atoms with Crippen molar-refractivity contribution in [2.75, 3.05) is 32.8 Å². The smallest absolute Gasteiger partial charge is 0.0659 e. The summed E-state index contributed by atoms with van der Waals surface area (Å²) in [4.78, 5) is 2.42. The summed E-state index contributed by atoms with van der Waals surface area (Å²) in [6.45, 7) is 15.1. The topological polar surface area (TPSA) is 38.5 Å². The molecule has 0 aromatic heterocycles. The number of hydrogen-bond acceptors (Lipinski definition) is 3. The van der Waals surface area contributed by atoms with Crippen molar-refractivity contribution in [1.82, 2.24) is 4.90 Å². The highest BCUT2D eigenvalue weighted by Gasteiger charge is 2.29. The molecule has 0 spiro atoms. The van der Waals surface area contributed by atoms with E-state index in [1.54, 1.807) is 0 Å². The molecule has 0 aromatic rings. The first-order chi connectivity index (χ1) is 7.00. The van der Waals surface area contributed by atoms with E-state index in [0.29, 0.717) is 12.5 Å². The minimum absolute atomic E-state index is 0.0188. The lowest BCUT2D eigenvalue weighted by Crippen LogP contribution is -2.55. The van der Waals surface area contributed by atoms with E-state index in [2.05, 4.69) is 32.6 Å². The molecule has 0 heterocycles. The Morgan fingerprint density at radius 3 is 2.27 bits per heavy atom. The molecule has 0 fully saturated rings. The van der Waals surface area contributed by atoms with Crippen LogP contribution in [0.3, 0.4) is 0 Å². The van der Waals surface area contributed by atoms with Crippen molar-refractivity contribution in [3.05, 3.63) is 0 Å². The molecule has 0 rings (SSSR count). The number of ether oxygens (including phenoxy) is 1. The van der Waals surface area contributed by atoms with Crippen molar-refractivity contribution in [1.29, 1.82) is 0 Å². The van der Waals surface area contributed by atoms with Crippen molar-refractivity contribution < 1.29 is 4.74 Å². The summed E-state index contributed by atoms with van der Waals surface area (Å²) in [5.74, 6) is 0.664. The van der Waals surface area contributed by atoms with E-state index in [4.69, 9.17) is 10.5 Å². The number of likely N-dealkylation sites (N-methyl/N-ethyl adjacent to an activating group) is 1. The molecule has 0 aliphatic heterocycles. The maximum atomic E-state index is 5.88. The molecule has 2 N–H and O–H groups in total. The SMILES string of the molecule is CCOCC(C)(CN)N(CC)CC(C)C. The minimum Gasteiger partial charge on any atom is -0.380 e. The summed E-state index contributed by atoms with van der Waals surface area (Å²) >= 11 is 0. The van der Waals surface area contributed by atoms with Gasteiger partial charge in [0, 0.05) is 19.7 Å². The second-order valence-electron chi connectivity index (χ2n) is 4.77. The third-order valence-electron chi connectivity index (χ3n) is 2.79. The van der Waals surface area contributed by atoms with Gasteiger partial charge in [0.05, 0.1) is 12.1 Å². The first kappa shape index (κ1) is 14.9. The number of hydrogen-bond donors (Lipinski definition) is 1. The Labute approximate surface area is 95.0 Å². The zero-order chi connectivity index (χ0) is 11.9. The fourth-order valence-corrected chi connectivity index (χ4v) is 1.77. The van der Waals surface area contributed by atoms with Gasteiger partial charge < -0.3 is 10.5 Å². The molecule has 0 saturated heterocycles. The number of nitrogens with zero attached hydrogens (tertiary/aromatic N) is 1. The molecule has 0 amide bonds. The number of rotatable bonds is 8. The maximum Gasteiger partial charge on any atom is 0.0659 e. The second-order valence-corrected chi connectivity index (χ2v) is 4.77. The van der Waals surface area contributed by atoms with Crippen LogP contribution in [-0.4, -0.2) is 43.3 Å². The Kier molecular flexibility index (Phi) is 7.14. The van der Waals surface area contributed by atoms with Crippen molar-refractivity contribution >= 4 is 0 Å². The molecule has 0 radical (unpaired) electrons. The lowest BCUT2D eigenvalue weighted by atomic mass is 9.99. The molecule has 0 bridgehead atoms. The lowest BCUT2D eigenvalue weighted by Gasteiger charge is -2.40. The highest BCUT2D eigenvalue weighted by molar-refractivity contribution is 4.87. The molecular weight excluding hydrogens is 188 g/mol. The highest BCUT2D eigenvalue weighted by atomic mass is 16.5. The molecular formula is C12H28N2O. The average Bonchev–Trinajstić information content (AvgIpc) is 2.22. The van der Waals surface area contributed by atoms with Gasteiger partial charge in [-0.3, -0.25) is 4.90 Å². The predicted octanol–water partition coefficient (Wildman–Crippen LogP) is 1.72. The van der Waals surface area contributed by atoms with Crippen LogP contribution in [0.15, 0.2) is 0 Å². The first-order valence-electron chi connectivity index (χ1n) is 6.03. The van der Waals surface area contributed by atoms with Gasteiger partial charge in [-0.2, -0.15) is 0 Å². The Balaban J connectivity index is 4.41. The summed E-state index contributed by atoms with van der Waals surface area (Å²) in [7, 11) is 0. The van der Waals surface area contributed by atoms with Crippen LogP contribution in [0.1, 0.15) is 34.6 Å². The third kappa shape index (κ3) is 4.96. The van der Waals surface area contributed by atoms with E-state index in [-0.39, 0.29) is 5.54 Å². The molecule has 3 heteroatoms. The molecule has 15 heavy (non-hydrogen) atoms. The highest BCUT2D eigenvalue weighted by Crippen LogP contribution is 2.16. The Morgan fingerprint density at radius 1 is 1.33 bits per heavy atom. The summed E-state index contributed by atoms with van der Waals surface area (Å²) in [5.41, 5.74) is 5.86. The van der Waals surface area contributed by atoms with Gasteiger partial charge in [-0.15, -0.1) is 0 Å². The zero-order valence-electron chi connectivity index (χ0n) is 11.0. The van der Waals surface area contributed by atoms with E-state index in [0.717, 1.165) is 26.3 Å². The average molecular weight is 216 g/mol. The van der Waals surface area contributed by atoms with Crippen LogP contribution in [0.4, 0.5) is 0 Å². The van der Waals surface area contributed by atoms with Crippen LogP contribution in [0.25, 0.3) is 0 Å².